The highest BCUT2D eigenvalue weighted by Gasteiger charge is 2.09. The average Bonchev–Trinajstić information content (AvgIpc) is 2.40. The van der Waals surface area contributed by atoms with Gasteiger partial charge < -0.3 is 16.0 Å². The number of anilines is 3. The van der Waals surface area contributed by atoms with Gasteiger partial charge in [-0.25, -0.2) is 0 Å². The maximum absolute atomic E-state index is 11.9. The van der Waals surface area contributed by atoms with E-state index >= 15 is 0 Å². The molecule has 0 saturated carbocycles. The number of carbonyl (C=O) groups is 1. The van der Waals surface area contributed by atoms with Crippen LogP contribution in [-0.4, -0.2) is 24.5 Å². The first-order valence-corrected chi connectivity index (χ1v) is 5.92. The number of nitrogen functional groups attached to an aromatic ring is 1. The van der Waals surface area contributed by atoms with Gasteiger partial charge in [0.05, 0.1) is 24.1 Å². The number of carbonyl (C=O) groups excluding carboxylic acids is 1. The number of pyridine rings is 1. The van der Waals surface area contributed by atoms with Gasteiger partial charge in [-0.3, -0.25) is 9.78 Å². The second kappa shape index (κ2) is 5.86. The van der Waals surface area contributed by atoms with Crippen molar-refractivity contribution in [2.24, 2.45) is 0 Å². The van der Waals surface area contributed by atoms with Crippen LogP contribution in [0.5, 0.6) is 0 Å². The van der Waals surface area contributed by atoms with Gasteiger partial charge in [-0.05, 0) is 18.2 Å². The highest BCUT2D eigenvalue weighted by atomic mass is 16.2. The molecule has 0 aliphatic heterocycles. The Morgan fingerprint density at radius 3 is 2.74 bits per heavy atom. The van der Waals surface area contributed by atoms with Crippen molar-refractivity contribution in [1.29, 1.82) is 0 Å². The Balaban J connectivity index is 1.98. The number of para-hydroxylation sites is 1. The fourth-order valence-corrected chi connectivity index (χ4v) is 1.77. The van der Waals surface area contributed by atoms with Crippen molar-refractivity contribution in [3.63, 3.8) is 0 Å². The number of rotatable bonds is 4. The van der Waals surface area contributed by atoms with Crippen LogP contribution in [0.3, 0.4) is 0 Å². The van der Waals surface area contributed by atoms with Gasteiger partial charge in [0.15, 0.2) is 0 Å². The third-order valence-electron chi connectivity index (χ3n) is 2.68. The molecule has 0 aliphatic rings. The lowest BCUT2D eigenvalue weighted by molar-refractivity contribution is -0.114. The number of hydrogen-bond donors (Lipinski definition) is 2. The molecule has 5 heteroatoms. The maximum atomic E-state index is 11.9. The smallest absolute Gasteiger partial charge is 0.243 e. The summed E-state index contributed by atoms with van der Waals surface area (Å²) in [6.45, 7) is 0.225. The second-order valence-corrected chi connectivity index (χ2v) is 4.20. The molecule has 19 heavy (non-hydrogen) atoms. The van der Waals surface area contributed by atoms with E-state index in [4.69, 9.17) is 5.73 Å². The van der Waals surface area contributed by atoms with Crippen molar-refractivity contribution < 1.29 is 4.79 Å². The van der Waals surface area contributed by atoms with Crippen molar-refractivity contribution in [2.75, 3.05) is 29.5 Å². The molecule has 98 valence electrons. The average molecular weight is 256 g/mol. The van der Waals surface area contributed by atoms with Crippen molar-refractivity contribution in [3.8, 4) is 0 Å². The quantitative estimate of drug-likeness (QED) is 0.874. The van der Waals surface area contributed by atoms with Crippen LogP contribution in [0.2, 0.25) is 0 Å². The van der Waals surface area contributed by atoms with Crippen LogP contribution in [-0.2, 0) is 4.79 Å². The van der Waals surface area contributed by atoms with E-state index < -0.39 is 0 Å². The van der Waals surface area contributed by atoms with E-state index in [-0.39, 0.29) is 12.5 Å². The zero-order valence-electron chi connectivity index (χ0n) is 10.7. The minimum absolute atomic E-state index is 0.0927. The molecule has 0 fully saturated rings. The summed E-state index contributed by atoms with van der Waals surface area (Å²) in [6.07, 6.45) is 3.22. The molecule has 1 aromatic heterocycles. The summed E-state index contributed by atoms with van der Waals surface area (Å²) in [7, 11) is 1.82. The Hall–Kier alpha value is -2.56. The molecule has 2 rings (SSSR count). The molecule has 3 N–H and O–H groups in total. The Labute approximate surface area is 112 Å². The van der Waals surface area contributed by atoms with Crippen LogP contribution in [0.15, 0.2) is 48.8 Å². The fourth-order valence-electron chi connectivity index (χ4n) is 1.77. The number of amides is 1. The Bertz CT molecular complexity index is 556. The Morgan fingerprint density at radius 1 is 1.32 bits per heavy atom. The number of likely N-dealkylation sites (N-methyl/N-ethyl adjacent to an activating group) is 1. The molecule has 1 amide bonds. The third kappa shape index (κ3) is 3.45. The number of nitrogens with one attached hydrogen (secondary N) is 1. The topological polar surface area (TPSA) is 71.2 Å². The van der Waals surface area contributed by atoms with E-state index in [1.165, 1.54) is 0 Å². The van der Waals surface area contributed by atoms with Gasteiger partial charge in [0, 0.05) is 18.9 Å². The normalized spacial score (nSPS) is 9.95. The molecule has 0 atom stereocenters. The summed E-state index contributed by atoms with van der Waals surface area (Å²) in [5, 5.41) is 2.82. The Kier molecular flexibility index (Phi) is 3.97. The second-order valence-electron chi connectivity index (χ2n) is 4.20. The predicted molar refractivity (Wildman–Crippen MR) is 77.0 cm³/mol. The number of hydrogen-bond acceptors (Lipinski definition) is 4. The largest absolute Gasteiger partial charge is 0.396 e. The molecule has 0 unspecified atom stereocenters. The number of benzene rings is 1. The first-order valence-electron chi connectivity index (χ1n) is 5.92. The van der Waals surface area contributed by atoms with Crippen molar-refractivity contribution in [1.82, 2.24) is 4.98 Å². The summed E-state index contributed by atoms with van der Waals surface area (Å²) in [5.41, 5.74) is 7.94. The monoisotopic (exact) mass is 256 g/mol. The lowest BCUT2D eigenvalue weighted by Crippen LogP contribution is -2.30. The molecule has 0 saturated heterocycles. The van der Waals surface area contributed by atoms with Gasteiger partial charge >= 0.3 is 0 Å². The van der Waals surface area contributed by atoms with E-state index in [1.807, 2.05) is 37.4 Å². The van der Waals surface area contributed by atoms with Gasteiger partial charge in [-0.15, -0.1) is 0 Å². The van der Waals surface area contributed by atoms with Crippen molar-refractivity contribution >= 4 is 23.0 Å². The molecule has 1 heterocycles. The van der Waals surface area contributed by atoms with Crippen LogP contribution >= 0.6 is 0 Å². The highest BCUT2D eigenvalue weighted by Crippen LogP contribution is 2.19. The number of aromatic nitrogens is 1. The van der Waals surface area contributed by atoms with Gasteiger partial charge in [-0.2, -0.15) is 0 Å². The van der Waals surface area contributed by atoms with E-state index in [0.717, 1.165) is 11.4 Å². The molecular formula is C14H16N4O. The van der Waals surface area contributed by atoms with Gasteiger partial charge in [0.25, 0.3) is 0 Å². The standard InChI is InChI=1S/C14H16N4O/c1-18(13-7-8-16-9-12(13)15)10-14(19)17-11-5-3-2-4-6-11/h2-9H,10,15H2,1H3,(H,17,19). The third-order valence-corrected chi connectivity index (χ3v) is 2.68. The zero-order chi connectivity index (χ0) is 13.7. The summed E-state index contributed by atoms with van der Waals surface area (Å²) < 4.78 is 0. The fraction of sp³-hybridized carbons (Fsp3) is 0.143. The van der Waals surface area contributed by atoms with E-state index in [9.17, 15) is 4.79 Å². The van der Waals surface area contributed by atoms with Crippen molar-refractivity contribution in [2.45, 2.75) is 0 Å². The first-order chi connectivity index (χ1) is 9.16. The van der Waals surface area contributed by atoms with Gasteiger partial charge in [0.1, 0.15) is 0 Å². The molecule has 0 radical (unpaired) electrons. The van der Waals surface area contributed by atoms with E-state index in [1.54, 1.807) is 23.4 Å². The molecule has 2 aromatic rings. The van der Waals surface area contributed by atoms with Crippen LogP contribution < -0.4 is 16.0 Å². The molecule has 0 bridgehead atoms. The number of nitrogens with zero attached hydrogens (tertiary/aromatic N) is 2. The van der Waals surface area contributed by atoms with Crippen molar-refractivity contribution in [3.05, 3.63) is 48.8 Å². The number of nitrogens with two attached hydrogens (primary N) is 1. The molecule has 0 spiro atoms. The summed E-state index contributed by atoms with van der Waals surface area (Å²) in [5.74, 6) is -0.0927. The summed E-state index contributed by atoms with van der Waals surface area (Å²) >= 11 is 0. The van der Waals surface area contributed by atoms with E-state index in [0.29, 0.717) is 5.69 Å². The van der Waals surface area contributed by atoms with Crippen LogP contribution in [0.4, 0.5) is 17.1 Å². The molecular weight excluding hydrogens is 240 g/mol. The summed E-state index contributed by atoms with van der Waals surface area (Å²) in [4.78, 5) is 17.6. The predicted octanol–water partition coefficient (Wildman–Crippen LogP) is 1.74. The van der Waals surface area contributed by atoms with E-state index in [2.05, 4.69) is 10.3 Å². The van der Waals surface area contributed by atoms with Crippen LogP contribution in [0.25, 0.3) is 0 Å². The highest BCUT2D eigenvalue weighted by molar-refractivity contribution is 5.94. The molecule has 1 aromatic carbocycles. The summed E-state index contributed by atoms with van der Waals surface area (Å²) in [6, 6.07) is 11.1. The minimum Gasteiger partial charge on any atom is -0.396 e. The minimum atomic E-state index is -0.0927. The molecule has 0 aliphatic carbocycles. The lowest BCUT2D eigenvalue weighted by atomic mass is 10.3. The maximum Gasteiger partial charge on any atom is 0.243 e. The van der Waals surface area contributed by atoms with Gasteiger partial charge in [-0.1, -0.05) is 18.2 Å². The first kappa shape index (κ1) is 12.9. The molecule has 5 nitrogen and oxygen atoms in total. The SMILES string of the molecule is CN(CC(=O)Nc1ccccc1)c1ccncc1N. The zero-order valence-corrected chi connectivity index (χ0v) is 10.7. The van der Waals surface area contributed by atoms with Gasteiger partial charge in [0.2, 0.25) is 5.91 Å². The Morgan fingerprint density at radius 2 is 2.05 bits per heavy atom. The lowest BCUT2D eigenvalue weighted by Gasteiger charge is -2.20. The van der Waals surface area contributed by atoms with Crippen LogP contribution in [0.1, 0.15) is 0 Å². The van der Waals surface area contributed by atoms with Crippen LogP contribution in [0, 0.1) is 0 Å².